The van der Waals surface area contributed by atoms with E-state index in [1.54, 1.807) is 29.1 Å². The van der Waals surface area contributed by atoms with E-state index in [1.807, 2.05) is 4.90 Å². The topological polar surface area (TPSA) is 136 Å². The molecule has 2 aromatic carbocycles. The van der Waals surface area contributed by atoms with Gasteiger partial charge in [-0.3, -0.25) is 14.5 Å². The number of amides is 2. The Labute approximate surface area is 244 Å². The molecule has 0 aliphatic carbocycles. The van der Waals surface area contributed by atoms with E-state index in [0.717, 1.165) is 6.07 Å². The lowest BCUT2D eigenvalue weighted by Gasteiger charge is -2.40. The van der Waals surface area contributed by atoms with Gasteiger partial charge in [-0.2, -0.15) is 5.01 Å². The first-order chi connectivity index (χ1) is 20.5. The molecule has 2 atom stereocenters. The smallest absolute Gasteiger partial charge is 0.414 e. The Morgan fingerprint density at radius 3 is 2.49 bits per heavy atom. The molecule has 0 aromatic heterocycles. The van der Waals surface area contributed by atoms with E-state index in [2.05, 4.69) is 5.32 Å². The molecule has 4 aliphatic rings. The van der Waals surface area contributed by atoms with Crippen molar-refractivity contribution in [2.24, 2.45) is 0 Å². The fourth-order valence-corrected chi connectivity index (χ4v) is 5.78. The minimum absolute atomic E-state index is 0.0336. The fourth-order valence-electron chi connectivity index (χ4n) is 5.78. The Bertz CT molecular complexity index is 1580. The zero-order chi connectivity index (χ0) is 30.6. The maximum absolute atomic E-state index is 15.6. The molecule has 13 nitrogen and oxygen atoms in total. The van der Waals surface area contributed by atoms with Crippen LogP contribution in [0.1, 0.15) is 17.3 Å². The summed E-state index contributed by atoms with van der Waals surface area (Å²) in [7, 11) is 1.69. The predicted octanol–water partition coefficient (Wildman–Crippen LogP) is 0.631. The quantitative estimate of drug-likeness (QED) is 0.406. The van der Waals surface area contributed by atoms with Gasteiger partial charge in [0.05, 0.1) is 30.0 Å². The van der Waals surface area contributed by atoms with Gasteiger partial charge in [-0.15, -0.1) is 5.01 Å². The van der Waals surface area contributed by atoms with E-state index in [4.69, 9.17) is 9.47 Å². The molecule has 15 heteroatoms. The molecule has 43 heavy (non-hydrogen) atoms. The van der Waals surface area contributed by atoms with E-state index in [1.165, 1.54) is 24.1 Å². The monoisotopic (exact) mass is 599 g/mol. The van der Waals surface area contributed by atoms with Crippen molar-refractivity contribution in [3.8, 4) is 5.75 Å². The number of carbonyl (C=O) groups excluding carboxylic acids is 3. The number of nitrogens with zero attached hydrogens (tertiary/aromatic N) is 4. The molecular formula is C28H29F2N6O7+. The number of piperazine rings is 1. The second kappa shape index (κ2) is 10.8. The molecule has 226 valence electrons. The highest BCUT2D eigenvalue weighted by Gasteiger charge is 2.44. The van der Waals surface area contributed by atoms with E-state index in [0.29, 0.717) is 48.3 Å². The number of carboxylic acid groups (broad SMARTS) is 1. The van der Waals surface area contributed by atoms with Gasteiger partial charge in [0.25, 0.3) is 0 Å². The van der Waals surface area contributed by atoms with Crippen LogP contribution < -0.4 is 29.8 Å². The third-order valence-corrected chi connectivity index (χ3v) is 7.91. The van der Waals surface area contributed by atoms with Crippen molar-refractivity contribution in [1.82, 2.24) is 10.3 Å². The summed E-state index contributed by atoms with van der Waals surface area (Å²) in [5, 5.41) is 14.2. The molecule has 4 heterocycles. The molecular weight excluding hydrogens is 570 g/mol. The van der Waals surface area contributed by atoms with Gasteiger partial charge in [-0.25, -0.2) is 18.4 Å². The SMILES string of the molecule is CC(=O)NC[C@H]1CN(c2ccc(N3CCN(c4c(F)cc5c6c4OCN(C)[NH+]6C=C(C(=O)O)C5=O)CC3)c(F)c2)C(=O)O1. The molecule has 2 saturated heterocycles. The Morgan fingerprint density at radius 1 is 1.09 bits per heavy atom. The molecule has 2 fully saturated rings. The van der Waals surface area contributed by atoms with Crippen molar-refractivity contribution in [3.63, 3.8) is 0 Å². The van der Waals surface area contributed by atoms with Gasteiger partial charge in [-0.1, -0.05) is 0 Å². The number of hydrogen-bond donors (Lipinski definition) is 3. The number of cyclic esters (lactones) is 1. The van der Waals surface area contributed by atoms with Crippen LogP contribution in [0.4, 0.5) is 36.3 Å². The Balaban J connectivity index is 1.19. The highest BCUT2D eigenvalue weighted by Crippen LogP contribution is 2.43. The molecule has 4 aliphatic heterocycles. The first-order valence-corrected chi connectivity index (χ1v) is 13.6. The van der Waals surface area contributed by atoms with Crippen molar-refractivity contribution < 1.29 is 47.5 Å². The molecule has 0 saturated carbocycles. The predicted molar refractivity (Wildman–Crippen MR) is 147 cm³/mol. The van der Waals surface area contributed by atoms with Crippen LogP contribution in [0.3, 0.4) is 0 Å². The third kappa shape index (κ3) is 4.99. The van der Waals surface area contributed by atoms with Gasteiger partial charge in [-0.05, 0) is 24.3 Å². The number of halogens is 2. The van der Waals surface area contributed by atoms with Crippen molar-refractivity contribution in [1.29, 1.82) is 0 Å². The number of nitrogens with one attached hydrogen (secondary N) is 2. The van der Waals surface area contributed by atoms with Crippen LogP contribution in [-0.4, -0.2) is 93.0 Å². The molecule has 2 amide bonds. The van der Waals surface area contributed by atoms with Crippen molar-refractivity contribution in [3.05, 3.63) is 53.2 Å². The van der Waals surface area contributed by atoms with Crippen LogP contribution in [0.25, 0.3) is 0 Å². The van der Waals surface area contributed by atoms with Crippen molar-refractivity contribution in [2.75, 3.05) is 67.7 Å². The molecule has 1 unspecified atom stereocenters. The van der Waals surface area contributed by atoms with Gasteiger partial charge in [0.15, 0.2) is 18.1 Å². The number of ether oxygens (including phenoxy) is 2. The summed E-state index contributed by atoms with van der Waals surface area (Å²) in [5.41, 5.74) is 0.659. The zero-order valence-electron chi connectivity index (χ0n) is 23.4. The summed E-state index contributed by atoms with van der Waals surface area (Å²) in [6.45, 7) is 3.03. The number of Topliss-reactive ketones (excluding diaryl/α,β-unsaturated/α-hetero) is 1. The summed E-state index contributed by atoms with van der Waals surface area (Å²) in [6.07, 6.45) is 0.112. The van der Waals surface area contributed by atoms with Crippen LogP contribution in [0.15, 0.2) is 36.0 Å². The molecule has 0 bridgehead atoms. The van der Waals surface area contributed by atoms with Gasteiger partial charge in [0, 0.05) is 40.2 Å². The van der Waals surface area contributed by atoms with E-state index < -0.39 is 41.2 Å². The number of benzene rings is 2. The number of ketones is 1. The number of aliphatic carboxylic acids is 1. The maximum atomic E-state index is 15.6. The summed E-state index contributed by atoms with van der Waals surface area (Å²) in [6, 6.07) is 5.52. The fraction of sp³-hybridized carbons (Fsp3) is 0.357. The zero-order valence-corrected chi connectivity index (χ0v) is 23.4. The van der Waals surface area contributed by atoms with Gasteiger partial charge in [0.1, 0.15) is 23.8 Å². The van der Waals surface area contributed by atoms with Crippen molar-refractivity contribution in [2.45, 2.75) is 13.0 Å². The lowest BCUT2D eigenvalue weighted by molar-refractivity contribution is -0.915. The average molecular weight is 600 g/mol. The Kier molecular flexibility index (Phi) is 7.14. The number of quaternary nitrogens is 1. The summed E-state index contributed by atoms with van der Waals surface area (Å²) in [4.78, 5) is 52.9. The van der Waals surface area contributed by atoms with Crippen LogP contribution in [-0.2, 0) is 14.3 Å². The number of rotatable bonds is 6. The largest absolute Gasteiger partial charge is 0.477 e. The molecule has 0 radical (unpaired) electrons. The van der Waals surface area contributed by atoms with Crippen LogP contribution in [0, 0.1) is 11.6 Å². The lowest BCUT2D eigenvalue weighted by Crippen LogP contribution is -3.11. The summed E-state index contributed by atoms with van der Waals surface area (Å²) < 4.78 is 42.0. The van der Waals surface area contributed by atoms with Crippen LogP contribution in [0.5, 0.6) is 5.75 Å². The first-order valence-electron chi connectivity index (χ1n) is 13.6. The lowest BCUT2D eigenvalue weighted by atomic mass is 9.96. The van der Waals surface area contributed by atoms with E-state index in [9.17, 15) is 24.3 Å². The highest BCUT2D eigenvalue weighted by atomic mass is 19.1. The number of carbonyl (C=O) groups is 4. The Hall–Kier alpha value is -4.76. The molecule has 3 N–H and O–H groups in total. The van der Waals surface area contributed by atoms with Gasteiger partial charge in [0.2, 0.25) is 23.1 Å². The van der Waals surface area contributed by atoms with E-state index >= 15 is 8.78 Å². The van der Waals surface area contributed by atoms with Gasteiger partial charge >= 0.3 is 12.1 Å². The summed E-state index contributed by atoms with van der Waals surface area (Å²) in [5.74, 6) is -3.50. The number of hydrogen-bond acceptors (Lipinski definition) is 9. The normalized spacial score (nSPS) is 21.7. The first kappa shape index (κ1) is 28.4. The Morgan fingerprint density at radius 2 is 1.81 bits per heavy atom. The van der Waals surface area contributed by atoms with Crippen LogP contribution >= 0.6 is 0 Å². The molecule has 2 aromatic rings. The molecule has 6 rings (SSSR count). The van der Waals surface area contributed by atoms with Crippen LogP contribution in [0.2, 0.25) is 0 Å². The van der Waals surface area contributed by atoms with E-state index in [-0.39, 0.29) is 42.7 Å². The average Bonchev–Trinajstić information content (AvgIpc) is 3.35. The van der Waals surface area contributed by atoms with Crippen molar-refractivity contribution >= 4 is 46.5 Å². The minimum atomic E-state index is -1.39. The molecule has 0 spiro atoms. The second-order valence-electron chi connectivity index (χ2n) is 10.7. The third-order valence-electron chi connectivity index (χ3n) is 7.91. The summed E-state index contributed by atoms with van der Waals surface area (Å²) >= 11 is 0. The maximum Gasteiger partial charge on any atom is 0.414 e. The van der Waals surface area contributed by atoms with Gasteiger partial charge < -0.3 is 29.7 Å². The number of carboxylic acids is 1. The number of anilines is 3. The second-order valence-corrected chi connectivity index (χ2v) is 10.7. The highest BCUT2D eigenvalue weighted by molar-refractivity contribution is 6.26. The standard InChI is InChI=1S/C28H28F2N6O7/c1-15(37)31-11-17-12-35(28(41)43-17)16-3-4-22(20(29)9-16)33-5-7-34(8-6-33)24-21(30)10-18-23-26(24)42-14-32(2)36(23)13-19(25(18)38)27(39)40/h3-4,9-10,13,17H,5-8,11-12,14H2,1-2H3,(H,31,37)(H,39,40)/p+1/t17-/m0/s1. The minimum Gasteiger partial charge on any atom is -0.477 e.